The molecule has 0 spiro atoms. The van der Waals surface area contributed by atoms with Crippen molar-refractivity contribution in [3.05, 3.63) is 0 Å². The highest BCUT2D eigenvalue weighted by Gasteiger charge is 2.15. The lowest BCUT2D eigenvalue weighted by Crippen LogP contribution is -2.24. The summed E-state index contributed by atoms with van der Waals surface area (Å²) < 4.78 is 5.55. The number of ether oxygens (including phenoxy) is 1. The van der Waals surface area contributed by atoms with Gasteiger partial charge in [-0.3, -0.25) is 0 Å². The van der Waals surface area contributed by atoms with Gasteiger partial charge in [-0.1, -0.05) is 0 Å². The summed E-state index contributed by atoms with van der Waals surface area (Å²) in [6, 6.07) is 2.29. The zero-order valence-electron chi connectivity index (χ0n) is 9.76. The van der Waals surface area contributed by atoms with Gasteiger partial charge in [0.1, 0.15) is 0 Å². The number of likely N-dealkylation sites (N-methyl/N-ethyl adjacent to an activating group) is 1. The minimum Gasteiger partial charge on any atom is -0.377 e. The van der Waals surface area contributed by atoms with Crippen LogP contribution in [0.25, 0.3) is 0 Å². The molecule has 1 unspecified atom stereocenters. The van der Waals surface area contributed by atoms with E-state index in [0.29, 0.717) is 0 Å². The summed E-state index contributed by atoms with van der Waals surface area (Å²) in [5.74, 6) is 0. The van der Waals surface area contributed by atoms with Crippen molar-refractivity contribution >= 4 is 0 Å². The van der Waals surface area contributed by atoms with Crippen LogP contribution in [0.5, 0.6) is 0 Å². The highest BCUT2D eigenvalue weighted by atomic mass is 16.5. The van der Waals surface area contributed by atoms with Gasteiger partial charge in [0.05, 0.1) is 17.6 Å². The molecule has 1 N–H and O–H groups in total. The standard InChI is InChI=1S/C11H22N2O/c1-10(8-13-4)14-7-5-6-11(2,3)9-12/h10,13H,5-8H2,1-4H3. The number of hydrogen-bond acceptors (Lipinski definition) is 3. The second kappa shape index (κ2) is 6.80. The quantitative estimate of drug-likeness (QED) is 0.636. The Kier molecular flexibility index (Phi) is 6.52. The maximum atomic E-state index is 8.79. The molecule has 0 radical (unpaired) electrons. The van der Waals surface area contributed by atoms with Gasteiger partial charge in [-0.2, -0.15) is 5.26 Å². The number of nitrogens with one attached hydrogen (secondary N) is 1. The molecule has 82 valence electrons. The molecule has 0 aliphatic carbocycles. The molecule has 0 amide bonds. The summed E-state index contributed by atoms with van der Waals surface area (Å²) in [6.07, 6.45) is 2.11. The Morgan fingerprint density at radius 2 is 2.14 bits per heavy atom. The van der Waals surface area contributed by atoms with Crippen molar-refractivity contribution in [3.63, 3.8) is 0 Å². The average molecular weight is 198 g/mol. The topological polar surface area (TPSA) is 45.0 Å². The zero-order chi connectivity index (χ0) is 11.0. The zero-order valence-corrected chi connectivity index (χ0v) is 9.76. The van der Waals surface area contributed by atoms with E-state index in [2.05, 4.69) is 11.4 Å². The fourth-order valence-corrected chi connectivity index (χ4v) is 1.20. The van der Waals surface area contributed by atoms with E-state index in [0.717, 1.165) is 26.0 Å². The maximum absolute atomic E-state index is 8.79. The molecular formula is C11H22N2O. The summed E-state index contributed by atoms with van der Waals surface area (Å²) >= 11 is 0. The van der Waals surface area contributed by atoms with Crippen LogP contribution in [0, 0.1) is 16.7 Å². The van der Waals surface area contributed by atoms with Gasteiger partial charge in [-0.15, -0.1) is 0 Å². The Morgan fingerprint density at radius 3 is 2.64 bits per heavy atom. The summed E-state index contributed by atoms with van der Waals surface area (Å²) in [6.45, 7) is 7.59. The molecule has 3 heteroatoms. The molecule has 14 heavy (non-hydrogen) atoms. The van der Waals surface area contributed by atoms with Gasteiger partial charge in [-0.25, -0.2) is 0 Å². The van der Waals surface area contributed by atoms with Crippen LogP contribution in [-0.2, 0) is 4.74 Å². The van der Waals surface area contributed by atoms with Crippen molar-refractivity contribution in [2.24, 2.45) is 5.41 Å². The number of rotatable bonds is 7. The highest BCUT2D eigenvalue weighted by Crippen LogP contribution is 2.20. The van der Waals surface area contributed by atoms with E-state index in [1.165, 1.54) is 0 Å². The normalized spacial score (nSPS) is 13.6. The van der Waals surface area contributed by atoms with E-state index in [1.54, 1.807) is 0 Å². The van der Waals surface area contributed by atoms with E-state index in [1.807, 2.05) is 27.8 Å². The van der Waals surface area contributed by atoms with Crippen molar-refractivity contribution in [2.45, 2.75) is 39.7 Å². The lowest BCUT2D eigenvalue weighted by molar-refractivity contribution is 0.0615. The Labute approximate surface area is 87.4 Å². The Hall–Kier alpha value is -0.590. The van der Waals surface area contributed by atoms with Crippen LogP contribution in [0.4, 0.5) is 0 Å². The van der Waals surface area contributed by atoms with E-state index in [9.17, 15) is 0 Å². The fraction of sp³-hybridized carbons (Fsp3) is 0.909. The van der Waals surface area contributed by atoms with Crippen molar-refractivity contribution in [3.8, 4) is 6.07 Å². The molecule has 3 nitrogen and oxygen atoms in total. The molecule has 0 aliphatic heterocycles. The minimum absolute atomic E-state index is 0.213. The summed E-state index contributed by atoms with van der Waals surface area (Å²) in [5.41, 5.74) is -0.213. The molecule has 0 aromatic carbocycles. The van der Waals surface area contributed by atoms with Crippen LogP contribution in [0.3, 0.4) is 0 Å². The van der Waals surface area contributed by atoms with Crippen LogP contribution >= 0.6 is 0 Å². The molecule has 0 aromatic heterocycles. The van der Waals surface area contributed by atoms with Gasteiger partial charge >= 0.3 is 0 Å². The van der Waals surface area contributed by atoms with E-state index in [4.69, 9.17) is 10.00 Å². The summed E-state index contributed by atoms with van der Waals surface area (Å²) in [4.78, 5) is 0. The number of nitrogens with zero attached hydrogens (tertiary/aromatic N) is 1. The first-order valence-corrected chi connectivity index (χ1v) is 5.19. The Morgan fingerprint density at radius 1 is 1.50 bits per heavy atom. The third kappa shape index (κ3) is 6.88. The summed E-state index contributed by atoms with van der Waals surface area (Å²) in [7, 11) is 1.92. The molecule has 0 saturated carbocycles. The third-order valence-corrected chi connectivity index (χ3v) is 2.14. The second-order valence-electron chi connectivity index (χ2n) is 4.34. The van der Waals surface area contributed by atoms with Gasteiger partial charge < -0.3 is 10.1 Å². The first-order valence-electron chi connectivity index (χ1n) is 5.19. The SMILES string of the molecule is CNCC(C)OCCCC(C)(C)C#N. The molecule has 0 fully saturated rings. The smallest absolute Gasteiger partial charge is 0.0683 e. The van der Waals surface area contributed by atoms with Gasteiger partial charge in [0.25, 0.3) is 0 Å². The Bertz CT molecular complexity index is 184. The summed E-state index contributed by atoms with van der Waals surface area (Å²) in [5, 5.41) is 11.8. The van der Waals surface area contributed by atoms with Crippen molar-refractivity contribution in [2.75, 3.05) is 20.2 Å². The largest absolute Gasteiger partial charge is 0.377 e. The van der Waals surface area contributed by atoms with Crippen molar-refractivity contribution in [1.29, 1.82) is 5.26 Å². The molecular weight excluding hydrogens is 176 g/mol. The van der Waals surface area contributed by atoms with Crippen LogP contribution in [0.2, 0.25) is 0 Å². The van der Waals surface area contributed by atoms with Crippen LogP contribution in [0.15, 0.2) is 0 Å². The third-order valence-electron chi connectivity index (χ3n) is 2.14. The fourth-order valence-electron chi connectivity index (χ4n) is 1.20. The molecule has 0 heterocycles. The second-order valence-corrected chi connectivity index (χ2v) is 4.34. The average Bonchev–Trinajstić information content (AvgIpc) is 2.13. The van der Waals surface area contributed by atoms with Crippen molar-refractivity contribution in [1.82, 2.24) is 5.32 Å². The van der Waals surface area contributed by atoms with Crippen LogP contribution < -0.4 is 5.32 Å². The number of nitriles is 1. The molecule has 1 atom stereocenters. The predicted molar refractivity (Wildman–Crippen MR) is 58.0 cm³/mol. The first kappa shape index (κ1) is 13.4. The van der Waals surface area contributed by atoms with Crippen LogP contribution in [-0.4, -0.2) is 26.3 Å². The lowest BCUT2D eigenvalue weighted by atomic mass is 9.90. The molecule has 0 aliphatic rings. The minimum atomic E-state index is -0.213. The van der Waals surface area contributed by atoms with Gasteiger partial charge in [0.2, 0.25) is 0 Å². The monoisotopic (exact) mass is 198 g/mol. The molecule has 0 bridgehead atoms. The molecule has 0 rings (SSSR count). The van der Waals surface area contributed by atoms with E-state index < -0.39 is 0 Å². The van der Waals surface area contributed by atoms with Gasteiger partial charge in [-0.05, 0) is 40.7 Å². The molecule has 0 aromatic rings. The van der Waals surface area contributed by atoms with Gasteiger partial charge in [0, 0.05) is 13.2 Å². The Balaban J connectivity index is 3.43. The van der Waals surface area contributed by atoms with Crippen molar-refractivity contribution < 1.29 is 4.74 Å². The predicted octanol–water partition coefficient (Wildman–Crippen LogP) is 1.94. The first-order chi connectivity index (χ1) is 6.52. The molecule has 0 saturated heterocycles. The maximum Gasteiger partial charge on any atom is 0.0683 e. The van der Waals surface area contributed by atoms with Gasteiger partial charge in [0.15, 0.2) is 0 Å². The highest BCUT2D eigenvalue weighted by molar-refractivity contribution is 4.91. The lowest BCUT2D eigenvalue weighted by Gasteiger charge is -2.16. The van der Waals surface area contributed by atoms with E-state index >= 15 is 0 Å². The van der Waals surface area contributed by atoms with E-state index in [-0.39, 0.29) is 11.5 Å². The number of hydrogen-bond donors (Lipinski definition) is 1. The van der Waals surface area contributed by atoms with Crippen LogP contribution in [0.1, 0.15) is 33.6 Å².